The number of nitrogens with one attached hydrogen (secondary N) is 1. The lowest BCUT2D eigenvalue weighted by atomic mass is 9.89. The Kier molecular flexibility index (Phi) is 5.57. The molecule has 0 radical (unpaired) electrons. The van der Waals surface area contributed by atoms with Crippen LogP contribution in [0.5, 0.6) is 0 Å². The minimum absolute atomic E-state index is 0.0764. The summed E-state index contributed by atoms with van der Waals surface area (Å²) in [6.45, 7) is 7.85. The SMILES string of the molecule is C[C@H](NC(=O)CN1CCN(C)C[C@@H]1C)c1ccc2c(c1)CCCC2. The molecule has 0 aromatic heterocycles. The Morgan fingerprint density at radius 2 is 2.00 bits per heavy atom. The van der Waals surface area contributed by atoms with Crippen LogP contribution in [0.2, 0.25) is 0 Å². The maximum Gasteiger partial charge on any atom is 0.234 e. The number of piperazine rings is 1. The molecule has 24 heavy (non-hydrogen) atoms. The Morgan fingerprint density at radius 1 is 1.25 bits per heavy atom. The maximum atomic E-state index is 12.4. The number of likely N-dealkylation sites (N-methyl/N-ethyl adjacent to an activating group) is 1. The lowest BCUT2D eigenvalue weighted by molar-refractivity contribution is -0.124. The molecule has 1 aliphatic carbocycles. The summed E-state index contributed by atoms with van der Waals surface area (Å²) in [5.74, 6) is 0.136. The summed E-state index contributed by atoms with van der Waals surface area (Å²) in [6, 6.07) is 7.27. The number of hydrogen-bond acceptors (Lipinski definition) is 3. The van der Waals surface area contributed by atoms with Gasteiger partial charge in [-0.15, -0.1) is 0 Å². The Balaban J connectivity index is 1.56. The van der Waals surface area contributed by atoms with Gasteiger partial charge in [-0.05, 0) is 63.3 Å². The van der Waals surface area contributed by atoms with Crippen molar-refractivity contribution in [2.24, 2.45) is 0 Å². The van der Waals surface area contributed by atoms with E-state index in [1.165, 1.54) is 42.4 Å². The Labute approximate surface area is 146 Å². The maximum absolute atomic E-state index is 12.4. The highest BCUT2D eigenvalue weighted by Gasteiger charge is 2.24. The van der Waals surface area contributed by atoms with Crippen LogP contribution in [0.3, 0.4) is 0 Å². The number of rotatable bonds is 4. The molecule has 4 heteroatoms. The van der Waals surface area contributed by atoms with Crippen LogP contribution in [0.1, 0.15) is 49.4 Å². The van der Waals surface area contributed by atoms with Crippen LogP contribution in [0.4, 0.5) is 0 Å². The third-order valence-electron chi connectivity index (χ3n) is 5.56. The van der Waals surface area contributed by atoms with E-state index in [2.05, 4.69) is 54.2 Å². The van der Waals surface area contributed by atoms with Crippen LogP contribution in [0, 0.1) is 0 Å². The summed E-state index contributed by atoms with van der Waals surface area (Å²) in [7, 11) is 2.14. The zero-order valence-corrected chi connectivity index (χ0v) is 15.3. The Hall–Kier alpha value is -1.39. The van der Waals surface area contributed by atoms with Gasteiger partial charge < -0.3 is 10.2 Å². The van der Waals surface area contributed by atoms with E-state index in [1.54, 1.807) is 0 Å². The van der Waals surface area contributed by atoms with Gasteiger partial charge in [-0.2, -0.15) is 0 Å². The second-order valence-electron chi connectivity index (χ2n) is 7.61. The highest BCUT2D eigenvalue weighted by atomic mass is 16.2. The molecule has 3 rings (SSSR count). The van der Waals surface area contributed by atoms with Crippen LogP contribution in [0.15, 0.2) is 18.2 Å². The summed E-state index contributed by atoms with van der Waals surface area (Å²) < 4.78 is 0. The van der Waals surface area contributed by atoms with Crippen molar-refractivity contribution in [3.8, 4) is 0 Å². The third kappa shape index (κ3) is 4.17. The number of carbonyl (C=O) groups is 1. The van der Waals surface area contributed by atoms with E-state index in [9.17, 15) is 4.79 Å². The summed E-state index contributed by atoms with van der Waals surface area (Å²) in [5, 5.41) is 3.19. The average molecular weight is 329 g/mol. The van der Waals surface area contributed by atoms with Gasteiger partial charge in [-0.3, -0.25) is 9.69 Å². The van der Waals surface area contributed by atoms with Crippen molar-refractivity contribution in [1.29, 1.82) is 0 Å². The van der Waals surface area contributed by atoms with Gasteiger partial charge in [-0.25, -0.2) is 0 Å². The second-order valence-corrected chi connectivity index (χ2v) is 7.61. The van der Waals surface area contributed by atoms with E-state index >= 15 is 0 Å². The van der Waals surface area contributed by atoms with Crippen molar-refractivity contribution in [3.05, 3.63) is 34.9 Å². The van der Waals surface area contributed by atoms with E-state index in [0.717, 1.165) is 19.6 Å². The Bertz CT molecular complexity index is 586. The van der Waals surface area contributed by atoms with Crippen LogP contribution < -0.4 is 5.32 Å². The van der Waals surface area contributed by atoms with Crippen LogP contribution in [-0.4, -0.2) is 55.0 Å². The fraction of sp³-hybridized carbons (Fsp3) is 0.650. The van der Waals surface area contributed by atoms with E-state index in [1.807, 2.05) is 0 Å². The van der Waals surface area contributed by atoms with Gasteiger partial charge in [0.15, 0.2) is 0 Å². The average Bonchev–Trinajstić information content (AvgIpc) is 2.57. The minimum atomic E-state index is 0.0764. The van der Waals surface area contributed by atoms with Gasteiger partial charge in [0.1, 0.15) is 0 Å². The zero-order chi connectivity index (χ0) is 17.1. The molecule has 1 saturated heterocycles. The normalized spacial score (nSPS) is 23.5. The lowest BCUT2D eigenvalue weighted by Crippen LogP contribution is -2.53. The van der Waals surface area contributed by atoms with Gasteiger partial charge in [0.25, 0.3) is 0 Å². The van der Waals surface area contributed by atoms with E-state index in [0.29, 0.717) is 12.6 Å². The smallest absolute Gasteiger partial charge is 0.234 e. The quantitative estimate of drug-likeness (QED) is 0.921. The molecule has 1 N–H and O–H groups in total. The summed E-state index contributed by atoms with van der Waals surface area (Å²) in [5.41, 5.74) is 4.21. The van der Waals surface area contributed by atoms with E-state index < -0.39 is 0 Å². The molecular formula is C20H31N3O. The van der Waals surface area contributed by atoms with Crippen LogP contribution >= 0.6 is 0 Å². The fourth-order valence-corrected chi connectivity index (χ4v) is 3.99. The predicted octanol–water partition coefficient (Wildman–Crippen LogP) is 2.38. The minimum Gasteiger partial charge on any atom is -0.348 e. The second kappa shape index (κ2) is 7.66. The summed E-state index contributed by atoms with van der Waals surface area (Å²) in [6.07, 6.45) is 4.99. The Morgan fingerprint density at radius 3 is 2.75 bits per heavy atom. The molecule has 1 amide bonds. The van der Waals surface area contributed by atoms with Crippen LogP contribution in [0.25, 0.3) is 0 Å². The van der Waals surface area contributed by atoms with Crippen molar-refractivity contribution < 1.29 is 4.79 Å². The topological polar surface area (TPSA) is 35.6 Å². The number of fused-ring (bicyclic) bond motifs is 1. The van der Waals surface area contributed by atoms with Crippen molar-refractivity contribution in [3.63, 3.8) is 0 Å². The van der Waals surface area contributed by atoms with Gasteiger partial charge in [-0.1, -0.05) is 18.2 Å². The number of hydrogen-bond donors (Lipinski definition) is 1. The van der Waals surface area contributed by atoms with Crippen molar-refractivity contribution in [2.75, 3.05) is 33.2 Å². The van der Waals surface area contributed by atoms with Crippen molar-refractivity contribution in [1.82, 2.24) is 15.1 Å². The van der Waals surface area contributed by atoms with Crippen molar-refractivity contribution >= 4 is 5.91 Å². The molecule has 1 heterocycles. The molecule has 1 fully saturated rings. The van der Waals surface area contributed by atoms with Gasteiger partial charge in [0.05, 0.1) is 12.6 Å². The number of amides is 1. The van der Waals surface area contributed by atoms with Crippen molar-refractivity contribution in [2.45, 2.75) is 51.6 Å². The first-order valence-corrected chi connectivity index (χ1v) is 9.36. The first kappa shape index (κ1) is 17.4. The predicted molar refractivity (Wildman–Crippen MR) is 98.2 cm³/mol. The number of carbonyl (C=O) groups excluding carboxylic acids is 1. The van der Waals surface area contributed by atoms with E-state index in [4.69, 9.17) is 0 Å². The van der Waals surface area contributed by atoms with Gasteiger partial charge in [0, 0.05) is 25.7 Å². The zero-order valence-electron chi connectivity index (χ0n) is 15.3. The molecule has 4 nitrogen and oxygen atoms in total. The van der Waals surface area contributed by atoms with Crippen LogP contribution in [-0.2, 0) is 17.6 Å². The highest BCUT2D eigenvalue weighted by molar-refractivity contribution is 5.78. The molecule has 0 spiro atoms. The molecule has 2 atom stereocenters. The largest absolute Gasteiger partial charge is 0.348 e. The molecular weight excluding hydrogens is 298 g/mol. The monoisotopic (exact) mass is 329 g/mol. The molecule has 1 aromatic rings. The first-order valence-electron chi connectivity index (χ1n) is 9.36. The summed E-state index contributed by atoms with van der Waals surface area (Å²) in [4.78, 5) is 17.1. The number of benzene rings is 1. The molecule has 1 aliphatic heterocycles. The van der Waals surface area contributed by atoms with Gasteiger partial charge in [0.2, 0.25) is 5.91 Å². The molecule has 2 aliphatic rings. The van der Waals surface area contributed by atoms with Gasteiger partial charge >= 0.3 is 0 Å². The number of nitrogens with zero attached hydrogens (tertiary/aromatic N) is 2. The highest BCUT2D eigenvalue weighted by Crippen LogP contribution is 2.24. The molecule has 0 saturated carbocycles. The molecule has 0 unspecified atom stereocenters. The fourth-order valence-electron chi connectivity index (χ4n) is 3.99. The molecule has 132 valence electrons. The lowest BCUT2D eigenvalue weighted by Gasteiger charge is -2.37. The first-order chi connectivity index (χ1) is 11.5. The third-order valence-corrected chi connectivity index (χ3v) is 5.56. The molecule has 1 aromatic carbocycles. The standard InChI is InChI=1S/C20H31N3O/c1-15-13-22(3)10-11-23(15)14-20(24)21-16(2)18-9-8-17-6-4-5-7-19(17)12-18/h8-9,12,15-16H,4-7,10-11,13-14H2,1-3H3,(H,21,24)/t15-,16-/m0/s1. The number of aryl methyl sites for hydroxylation is 2. The van der Waals surface area contributed by atoms with E-state index in [-0.39, 0.29) is 11.9 Å². The summed E-state index contributed by atoms with van der Waals surface area (Å²) >= 11 is 0. The molecule has 0 bridgehead atoms.